The second kappa shape index (κ2) is 8.92. The summed E-state index contributed by atoms with van der Waals surface area (Å²) in [6.07, 6.45) is 3.72. The summed E-state index contributed by atoms with van der Waals surface area (Å²) in [7, 11) is -3.32. The van der Waals surface area contributed by atoms with Gasteiger partial charge in [-0.1, -0.05) is 20.3 Å². The third-order valence-corrected chi connectivity index (χ3v) is 3.51. The maximum absolute atomic E-state index is 11.4. The quantitative estimate of drug-likeness (QED) is 0.531. The average Bonchev–Trinajstić information content (AvgIpc) is 2.24. The third-order valence-electron chi connectivity index (χ3n) is 2.38. The van der Waals surface area contributed by atoms with Gasteiger partial charge in [0.2, 0.25) is 0 Å². The Balaban J connectivity index is 3.97. The minimum absolute atomic E-state index is 0.341. The fourth-order valence-electron chi connectivity index (χ4n) is 1.51. The van der Waals surface area contributed by atoms with Gasteiger partial charge in [-0.15, -0.1) is 0 Å². The molecule has 98 valence electrons. The van der Waals surface area contributed by atoms with E-state index in [0.717, 1.165) is 25.7 Å². The first kappa shape index (κ1) is 15.8. The van der Waals surface area contributed by atoms with E-state index >= 15 is 0 Å². The van der Waals surface area contributed by atoms with Crippen LogP contribution in [0.3, 0.4) is 0 Å². The number of rotatable bonds is 10. The second-order valence-electron chi connectivity index (χ2n) is 3.98. The highest BCUT2D eigenvalue weighted by Crippen LogP contribution is 2.09. The Morgan fingerprint density at radius 3 is 2.31 bits per heavy atom. The Hall–Kier alpha value is -0.170. The van der Waals surface area contributed by atoms with Crippen molar-refractivity contribution in [2.45, 2.75) is 39.5 Å². The Morgan fingerprint density at radius 1 is 1.12 bits per heavy atom. The van der Waals surface area contributed by atoms with E-state index in [0.29, 0.717) is 25.6 Å². The molecule has 5 nitrogen and oxygen atoms in total. The highest BCUT2D eigenvalue weighted by Gasteiger charge is 2.12. The highest BCUT2D eigenvalue weighted by atomic mass is 32.2. The van der Waals surface area contributed by atoms with Crippen molar-refractivity contribution in [3.05, 3.63) is 0 Å². The van der Waals surface area contributed by atoms with E-state index in [1.54, 1.807) is 0 Å². The van der Waals surface area contributed by atoms with Crippen molar-refractivity contribution in [3.8, 4) is 0 Å². The molecule has 0 aliphatic rings. The van der Waals surface area contributed by atoms with E-state index in [1.165, 1.54) is 0 Å². The molecule has 0 heterocycles. The maximum atomic E-state index is 11.4. The van der Waals surface area contributed by atoms with Crippen LogP contribution >= 0.6 is 0 Å². The van der Waals surface area contributed by atoms with Crippen molar-refractivity contribution in [1.82, 2.24) is 9.44 Å². The predicted molar refractivity (Wildman–Crippen MR) is 67.3 cm³/mol. The molecular weight excluding hydrogens is 226 g/mol. The Labute approximate surface area is 99.4 Å². The van der Waals surface area contributed by atoms with E-state index in [2.05, 4.69) is 16.4 Å². The Bertz CT molecular complexity index is 249. The number of hydrogen-bond donors (Lipinski definition) is 3. The summed E-state index contributed by atoms with van der Waals surface area (Å²) in [5.41, 5.74) is 5.49. The molecule has 0 spiro atoms. The number of nitrogens with two attached hydrogens (primary N) is 1. The van der Waals surface area contributed by atoms with Gasteiger partial charge in [-0.2, -0.15) is 8.42 Å². The molecule has 6 heteroatoms. The summed E-state index contributed by atoms with van der Waals surface area (Å²) < 4.78 is 27.9. The number of nitrogens with one attached hydrogen (secondary N) is 2. The van der Waals surface area contributed by atoms with Crippen LogP contribution < -0.4 is 15.2 Å². The van der Waals surface area contributed by atoms with Gasteiger partial charge in [0.25, 0.3) is 10.2 Å². The third kappa shape index (κ3) is 8.04. The molecule has 0 aliphatic carbocycles. The summed E-state index contributed by atoms with van der Waals surface area (Å²) in [6, 6.07) is 0. The molecule has 0 saturated heterocycles. The van der Waals surface area contributed by atoms with Crippen LogP contribution in [0.5, 0.6) is 0 Å². The maximum Gasteiger partial charge on any atom is 0.276 e. The van der Waals surface area contributed by atoms with Crippen molar-refractivity contribution in [2.75, 3.05) is 19.6 Å². The standard InChI is InChI=1S/C10H25N3O2S/c1-3-5-10(6-7-11)9-13-16(14,15)12-8-4-2/h10,12-13H,3-9,11H2,1-2H3. The first-order chi connectivity index (χ1) is 7.55. The topological polar surface area (TPSA) is 84.2 Å². The molecule has 0 radical (unpaired) electrons. The van der Waals surface area contributed by atoms with E-state index in [9.17, 15) is 8.42 Å². The fraction of sp³-hybridized carbons (Fsp3) is 1.00. The fourth-order valence-corrected chi connectivity index (χ4v) is 2.54. The van der Waals surface area contributed by atoms with Crippen molar-refractivity contribution in [1.29, 1.82) is 0 Å². The van der Waals surface area contributed by atoms with Gasteiger partial charge in [0.05, 0.1) is 0 Å². The van der Waals surface area contributed by atoms with Crippen LogP contribution in [0.1, 0.15) is 39.5 Å². The molecule has 1 unspecified atom stereocenters. The molecule has 16 heavy (non-hydrogen) atoms. The lowest BCUT2D eigenvalue weighted by Gasteiger charge is -2.16. The van der Waals surface area contributed by atoms with Crippen molar-refractivity contribution >= 4 is 10.2 Å². The van der Waals surface area contributed by atoms with Crippen molar-refractivity contribution < 1.29 is 8.42 Å². The first-order valence-electron chi connectivity index (χ1n) is 6.00. The van der Waals surface area contributed by atoms with E-state index in [1.807, 2.05) is 6.92 Å². The Morgan fingerprint density at radius 2 is 1.81 bits per heavy atom. The lowest BCUT2D eigenvalue weighted by molar-refractivity contribution is 0.441. The lowest BCUT2D eigenvalue weighted by Crippen LogP contribution is -2.39. The van der Waals surface area contributed by atoms with Crippen LogP contribution in [0.2, 0.25) is 0 Å². The molecule has 0 amide bonds. The largest absolute Gasteiger partial charge is 0.330 e. The molecule has 0 aromatic rings. The van der Waals surface area contributed by atoms with Gasteiger partial charge < -0.3 is 5.73 Å². The average molecular weight is 251 g/mol. The monoisotopic (exact) mass is 251 g/mol. The van der Waals surface area contributed by atoms with Gasteiger partial charge in [-0.3, -0.25) is 0 Å². The highest BCUT2D eigenvalue weighted by molar-refractivity contribution is 7.87. The zero-order chi connectivity index (χ0) is 12.4. The lowest BCUT2D eigenvalue weighted by atomic mass is 10.0. The molecule has 0 aromatic heterocycles. The molecule has 1 atom stereocenters. The minimum Gasteiger partial charge on any atom is -0.330 e. The van der Waals surface area contributed by atoms with Crippen molar-refractivity contribution in [2.24, 2.45) is 11.7 Å². The van der Waals surface area contributed by atoms with Crippen LogP contribution in [-0.2, 0) is 10.2 Å². The molecule has 0 rings (SSSR count). The van der Waals surface area contributed by atoms with Crippen LogP contribution in [0.15, 0.2) is 0 Å². The van der Waals surface area contributed by atoms with Crippen LogP contribution in [0.25, 0.3) is 0 Å². The van der Waals surface area contributed by atoms with Gasteiger partial charge in [-0.25, -0.2) is 9.44 Å². The summed E-state index contributed by atoms with van der Waals surface area (Å²) in [6.45, 7) is 5.58. The zero-order valence-corrected chi connectivity index (χ0v) is 11.1. The SMILES string of the molecule is CCCNS(=O)(=O)NCC(CCC)CCN. The normalized spacial score (nSPS) is 13.9. The van der Waals surface area contributed by atoms with Crippen LogP contribution in [-0.4, -0.2) is 28.1 Å². The second-order valence-corrected chi connectivity index (χ2v) is 5.56. The molecule has 0 aliphatic heterocycles. The van der Waals surface area contributed by atoms with E-state index in [-0.39, 0.29) is 0 Å². The Kier molecular flexibility index (Phi) is 8.83. The predicted octanol–water partition coefficient (Wildman–Crippen LogP) is 0.586. The summed E-state index contributed by atoms with van der Waals surface area (Å²) in [5.74, 6) is 0.341. The smallest absolute Gasteiger partial charge is 0.276 e. The van der Waals surface area contributed by atoms with Crippen LogP contribution in [0, 0.1) is 5.92 Å². The van der Waals surface area contributed by atoms with Gasteiger partial charge in [-0.05, 0) is 31.7 Å². The minimum atomic E-state index is -3.32. The van der Waals surface area contributed by atoms with Gasteiger partial charge in [0.1, 0.15) is 0 Å². The van der Waals surface area contributed by atoms with E-state index in [4.69, 9.17) is 5.73 Å². The number of hydrogen-bond acceptors (Lipinski definition) is 3. The van der Waals surface area contributed by atoms with Crippen molar-refractivity contribution in [3.63, 3.8) is 0 Å². The summed E-state index contributed by atoms with van der Waals surface area (Å²) in [4.78, 5) is 0. The van der Waals surface area contributed by atoms with Crippen LogP contribution in [0.4, 0.5) is 0 Å². The zero-order valence-electron chi connectivity index (χ0n) is 10.3. The van der Waals surface area contributed by atoms with Gasteiger partial charge in [0.15, 0.2) is 0 Å². The molecule has 0 saturated carbocycles. The molecule has 4 N–H and O–H groups in total. The molecule has 0 fully saturated rings. The summed E-state index contributed by atoms with van der Waals surface area (Å²) >= 11 is 0. The van der Waals surface area contributed by atoms with Gasteiger partial charge >= 0.3 is 0 Å². The molecular formula is C10H25N3O2S. The van der Waals surface area contributed by atoms with E-state index < -0.39 is 10.2 Å². The molecule has 0 aromatic carbocycles. The van der Waals surface area contributed by atoms with Gasteiger partial charge in [0, 0.05) is 13.1 Å². The first-order valence-corrected chi connectivity index (χ1v) is 7.48. The molecule has 0 bridgehead atoms. The summed E-state index contributed by atoms with van der Waals surface area (Å²) in [5, 5.41) is 0.